The maximum atomic E-state index is 7.09. The van der Waals surface area contributed by atoms with Crippen molar-refractivity contribution in [3.05, 3.63) is 188 Å². The van der Waals surface area contributed by atoms with Crippen molar-refractivity contribution in [1.82, 2.24) is 24.1 Å². The highest BCUT2D eigenvalue weighted by molar-refractivity contribution is 6.18. The normalized spacial score (nSPS) is 11.9. The van der Waals surface area contributed by atoms with E-state index >= 15 is 0 Å². The monoisotopic (exact) mass is 729 g/mol. The zero-order valence-corrected chi connectivity index (χ0v) is 30.5. The van der Waals surface area contributed by atoms with E-state index < -0.39 is 0 Å². The van der Waals surface area contributed by atoms with Crippen LogP contribution >= 0.6 is 0 Å². The zero-order chi connectivity index (χ0) is 37.5. The van der Waals surface area contributed by atoms with E-state index in [2.05, 4.69) is 167 Å². The van der Waals surface area contributed by atoms with Crippen LogP contribution in [-0.2, 0) is 0 Å². The van der Waals surface area contributed by atoms with Gasteiger partial charge in [0.05, 0.1) is 33.3 Å². The molecule has 4 heterocycles. The second-order valence-corrected chi connectivity index (χ2v) is 14.4. The van der Waals surface area contributed by atoms with Crippen molar-refractivity contribution in [3.8, 4) is 45.5 Å². The van der Waals surface area contributed by atoms with Crippen molar-refractivity contribution in [3.63, 3.8) is 0 Å². The van der Waals surface area contributed by atoms with E-state index in [1.54, 1.807) is 0 Å². The number of nitrogens with zero attached hydrogens (tertiary/aromatic N) is 5. The quantitative estimate of drug-likeness (QED) is 0.177. The molecular formula is C51H31N5O. The van der Waals surface area contributed by atoms with Gasteiger partial charge in [0.2, 0.25) is 5.95 Å². The van der Waals surface area contributed by atoms with E-state index in [0.29, 0.717) is 17.6 Å². The van der Waals surface area contributed by atoms with Crippen LogP contribution in [0, 0.1) is 0 Å². The fourth-order valence-electron chi connectivity index (χ4n) is 8.73. The summed E-state index contributed by atoms with van der Waals surface area (Å²) in [4.78, 5) is 15.6. The Hall–Kier alpha value is -7.83. The minimum absolute atomic E-state index is 0.538. The third kappa shape index (κ3) is 4.74. The van der Waals surface area contributed by atoms with Gasteiger partial charge in [-0.25, -0.2) is 4.98 Å². The number of aromatic nitrogens is 5. The largest absolute Gasteiger partial charge is 0.453 e. The fraction of sp³-hybridized carbons (Fsp3) is 0. The zero-order valence-electron chi connectivity index (χ0n) is 30.5. The molecule has 0 N–H and O–H groups in total. The molecule has 0 radical (unpaired) electrons. The predicted octanol–water partition coefficient (Wildman–Crippen LogP) is 13.0. The van der Waals surface area contributed by atoms with Crippen LogP contribution in [0.25, 0.3) is 111 Å². The van der Waals surface area contributed by atoms with Gasteiger partial charge in [-0.15, -0.1) is 0 Å². The van der Waals surface area contributed by atoms with Crippen LogP contribution < -0.4 is 0 Å². The molecular weight excluding hydrogens is 699 g/mol. The van der Waals surface area contributed by atoms with Crippen molar-refractivity contribution in [2.45, 2.75) is 0 Å². The third-order valence-corrected chi connectivity index (χ3v) is 11.2. The van der Waals surface area contributed by atoms with Crippen LogP contribution in [0.1, 0.15) is 0 Å². The summed E-state index contributed by atoms with van der Waals surface area (Å²) in [5.41, 5.74) is 10.9. The first-order valence-corrected chi connectivity index (χ1v) is 19.1. The average molecular weight is 730 g/mol. The van der Waals surface area contributed by atoms with Gasteiger partial charge < -0.3 is 8.98 Å². The van der Waals surface area contributed by atoms with Crippen molar-refractivity contribution in [1.29, 1.82) is 0 Å². The van der Waals surface area contributed by atoms with Crippen LogP contribution in [0.4, 0.5) is 0 Å². The smallest absolute Gasteiger partial charge is 0.238 e. The Kier molecular flexibility index (Phi) is 6.83. The summed E-state index contributed by atoms with van der Waals surface area (Å²) in [5, 5.41) is 6.71. The molecule has 0 unspecified atom stereocenters. The molecule has 0 amide bonds. The molecule has 0 saturated carbocycles. The molecule has 0 aliphatic heterocycles. The summed E-state index contributed by atoms with van der Waals surface area (Å²) in [6.07, 6.45) is 0. The number of furan rings is 1. The van der Waals surface area contributed by atoms with Crippen LogP contribution in [0.3, 0.4) is 0 Å². The average Bonchev–Trinajstić information content (AvgIpc) is 3.95. The Morgan fingerprint density at radius 2 is 0.842 bits per heavy atom. The summed E-state index contributed by atoms with van der Waals surface area (Å²) in [6.45, 7) is 0. The highest BCUT2D eigenvalue weighted by atomic mass is 16.3. The Balaban J connectivity index is 1.12. The maximum absolute atomic E-state index is 7.09. The Morgan fingerprint density at radius 1 is 0.333 bits per heavy atom. The fourth-order valence-corrected chi connectivity index (χ4v) is 8.73. The number of hydrogen-bond acceptors (Lipinski definition) is 4. The van der Waals surface area contributed by atoms with Gasteiger partial charge in [-0.1, -0.05) is 152 Å². The number of para-hydroxylation sites is 5. The third-order valence-electron chi connectivity index (χ3n) is 11.2. The van der Waals surface area contributed by atoms with Gasteiger partial charge in [-0.2, -0.15) is 9.97 Å². The van der Waals surface area contributed by atoms with Crippen molar-refractivity contribution in [2.75, 3.05) is 0 Å². The van der Waals surface area contributed by atoms with Gasteiger partial charge in [0, 0.05) is 37.9 Å². The molecule has 0 atom stereocenters. The summed E-state index contributed by atoms with van der Waals surface area (Å²) < 4.78 is 11.6. The van der Waals surface area contributed by atoms with E-state index in [1.807, 2.05) is 30.3 Å². The molecule has 6 heteroatoms. The first-order valence-electron chi connectivity index (χ1n) is 19.1. The molecule has 12 aromatic rings. The molecule has 0 fully saturated rings. The molecule has 0 aliphatic carbocycles. The maximum Gasteiger partial charge on any atom is 0.238 e. The molecule has 12 rings (SSSR count). The second kappa shape index (κ2) is 12.3. The van der Waals surface area contributed by atoms with E-state index in [0.717, 1.165) is 71.6 Å². The van der Waals surface area contributed by atoms with Gasteiger partial charge in [-0.05, 0) is 47.5 Å². The summed E-state index contributed by atoms with van der Waals surface area (Å²) in [7, 11) is 0. The van der Waals surface area contributed by atoms with Gasteiger partial charge in [0.25, 0.3) is 0 Å². The second-order valence-electron chi connectivity index (χ2n) is 14.4. The van der Waals surface area contributed by atoms with E-state index in [-0.39, 0.29) is 0 Å². The van der Waals surface area contributed by atoms with Gasteiger partial charge in [0.1, 0.15) is 5.58 Å². The molecule has 4 aromatic heterocycles. The molecule has 0 spiro atoms. The highest BCUT2D eigenvalue weighted by Gasteiger charge is 2.23. The summed E-state index contributed by atoms with van der Waals surface area (Å²) >= 11 is 0. The molecule has 0 aliphatic rings. The topological polar surface area (TPSA) is 61.7 Å². The molecule has 0 bridgehead atoms. The molecule has 0 saturated heterocycles. The summed E-state index contributed by atoms with van der Waals surface area (Å²) in [6, 6.07) is 65.4. The van der Waals surface area contributed by atoms with Crippen LogP contribution in [-0.4, -0.2) is 24.1 Å². The van der Waals surface area contributed by atoms with Crippen molar-refractivity contribution >= 4 is 65.6 Å². The standard InChI is InChI=1S/C51H31N5O/c1-3-16-32(17-4-1)34-23-14-30-44-46(34)39-22-9-12-29-43(39)55(44)45-31-15-25-38-37-24-13-26-40(47(37)57-48(38)45)50-52-49(33-18-5-2-6-19-33)53-51(54-50)56-41-27-10-7-20-35(41)36-21-8-11-28-42(36)56/h1-31H. The molecule has 57 heavy (non-hydrogen) atoms. The van der Waals surface area contributed by atoms with Crippen molar-refractivity contribution < 1.29 is 4.42 Å². The summed E-state index contributed by atoms with van der Waals surface area (Å²) in [5.74, 6) is 1.67. The van der Waals surface area contributed by atoms with Gasteiger partial charge in [0.15, 0.2) is 17.2 Å². The Bertz CT molecular complexity index is 3470. The van der Waals surface area contributed by atoms with Gasteiger partial charge >= 0.3 is 0 Å². The number of benzene rings is 8. The predicted molar refractivity (Wildman–Crippen MR) is 232 cm³/mol. The molecule has 6 nitrogen and oxygen atoms in total. The first kappa shape index (κ1) is 31.5. The first-order chi connectivity index (χ1) is 28.3. The van der Waals surface area contributed by atoms with E-state index in [4.69, 9.17) is 19.4 Å². The van der Waals surface area contributed by atoms with Crippen molar-refractivity contribution in [2.24, 2.45) is 0 Å². The highest BCUT2D eigenvalue weighted by Crippen LogP contribution is 2.43. The minimum atomic E-state index is 0.538. The molecule has 266 valence electrons. The van der Waals surface area contributed by atoms with Gasteiger partial charge in [-0.3, -0.25) is 4.57 Å². The van der Waals surface area contributed by atoms with Crippen LogP contribution in [0.15, 0.2) is 192 Å². The number of hydrogen-bond donors (Lipinski definition) is 0. The molecule has 8 aromatic carbocycles. The lowest BCUT2D eigenvalue weighted by atomic mass is 9.99. The van der Waals surface area contributed by atoms with Crippen LogP contribution in [0.2, 0.25) is 0 Å². The Morgan fingerprint density at radius 3 is 1.56 bits per heavy atom. The Labute approximate surface area is 326 Å². The SMILES string of the molecule is c1ccc(-c2nc(-c3cccc4c3oc3c(-n5c6ccccc6c6c(-c7ccccc7)cccc65)cccc34)nc(-n3c4ccccc4c4ccccc43)n2)cc1. The lowest BCUT2D eigenvalue weighted by Crippen LogP contribution is -2.06. The number of fused-ring (bicyclic) bond motifs is 9. The van der Waals surface area contributed by atoms with E-state index in [1.165, 1.54) is 21.9 Å². The lowest BCUT2D eigenvalue weighted by Gasteiger charge is -2.11. The number of rotatable bonds is 5. The van der Waals surface area contributed by atoms with E-state index in [9.17, 15) is 0 Å². The van der Waals surface area contributed by atoms with Crippen LogP contribution in [0.5, 0.6) is 0 Å². The minimum Gasteiger partial charge on any atom is -0.453 e. The lowest BCUT2D eigenvalue weighted by molar-refractivity contribution is 0.667.